The lowest BCUT2D eigenvalue weighted by Gasteiger charge is -2.15. The lowest BCUT2D eigenvalue weighted by Crippen LogP contribution is -2.17. The highest BCUT2D eigenvalue weighted by molar-refractivity contribution is 5.30. The normalized spacial score (nSPS) is 10.6. The van der Waals surface area contributed by atoms with Gasteiger partial charge >= 0.3 is 0 Å². The first kappa shape index (κ1) is 12.3. The van der Waals surface area contributed by atoms with Crippen LogP contribution in [-0.4, -0.2) is 26.7 Å². The molecule has 0 bridgehead atoms. The molecule has 0 amide bonds. The summed E-state index contributed by atoms with van der Waals surface area (Å²) in [4.78, 5) is 6.19. The van der Waals surface area contributed by atoms with E-state index in [9.17, 15) is 0 Å². The van der Waals surface area contributed by atoms with Gasteiger partial charge in [0.15, 0.2) is 0 Å². The molecule has 5 heteroatoms. The van der Waals surface area contributed by atoms with Crippen molar-refractivity contribution in [3.8, 4) is 6.07 Å². The van der Waals surface area contributed by atoms with Gasteiger partial charge in [-0.2, -0.15) is 10.4 Å². The molecule has 0 unspecified atom stereocenters. The number of nitrogens with zero attached hydrogens (tertiary/aromatic N) is 5. The van der Waals surface area contributed by atoms with Crippen LogP contribution in [0.1, 0.15) is 16.8 Å². The van der Waals surface area contributed by atoms with Gasteiger partial charge in [-0.1, -0.05) is 6.07 Å². The Balaban J connectivity index is 2.03. The zero-order valence-corrected chi connectivity index (χ0v) is 10.5. The van der Waals surface area contributed by atoms with E-state index in [0.29, 0.717) is 12.2 Å². The molecule has 0 saturated carbocycles. The minimum absolute atomic E-state index is 0.496. The largest absolute Gasteiger partial charge is 0.298 e. The number of hydrogen-bond donors (Lipinski definition) is 0. The number of nitriles is 1. The van der Waals surface area contributed by atoms with Crippen LogP contribution in [0.25, 0.3) is 0 Å². The van der Waals surface area contributed by atoms with Crippen LogP contribution in [0.2, 0.25) is 0 Å². The summed E-state index contributed by atoms with van der Waals surface area (Å²) in [5, 5.41) is 13.1. The highest BCUT2D eigenvalue weighted by atomic mass is 15.2. The summed E-state index contributed by atoms with van der Waals surface area (Å²) in [5.41, 5.74) is 2.60. The number of pyridine rings is 1. The maximum atomic E-state index is 8.98. The van der Waals surface area contributed by atoms with E-state index in [4.69, 9.17) is 5.26 Å². The van der Waals surface area contributed by atoms with Crippen LogP contribution in [0.5, 0.6) is 0 Å². The Morgan fingerprint density at radius 2 is 2.28 bits per heavy atom. The standard InChI is InChI=1S/C13H15N5/c1-17(8-11-7-16-18(2)9-11)10-12-4-3-5-15-13(12)6-14/h3-5,7,9H,8,10H2,1-2H3. The third-order valence-electron chi connectivity index (χ3n) is 2.65. The fourth-order valence-corrected chi connectivity index (χ4v) is 1.88. The Morgan fingerprint density at radius 1 is 1.44 bits per heavy atom. The summed E-state index contributed by atoms with van der Waals surface area (Å²) in [6.45, 7) is 1.50. The van der Waals surface area contributed by atoms with Crippen molar-refractivity contribution in [2.45, 2.75) is 13.1 Å². The van der Waals surface area contributed by atoms with Gasteiger partial charge in [0.25, 0.3) is 0 Å². The lowest BCUT2D eigenvalue weighted by molar-refractivity contribution is 0.318. The van der Waals surface area contributed by atoms with Crippen molar-refractivity contribution in [2.75, 3.05) is 7.05 Å². The summed E-state index contributed by atoms with van der Waals surface area (Å²) in [7, 11) is 3.92. The second-order valence-electron chi connectivity index (χ2n) is 4.32. The van der Waals surface area contributed by atoms with Crippen LogP contribution in [0, 0.1) is 11.3 Å². The molecule has 2 heterocycles. The molecule has 0 spiro atoms. The maximum Gasteiger partial charge on any atom is 0.144 e. The van der Waals surface area contributed by atoms with Gasteiger partial charge in [0.1, 0.15) is 11.8 Å². The summed E-state index contributed by atoms with van der Waals surface area (Å²) < 4.78 is 1.79. The predicted octanol–water partition coefficient (Wildman–Crippen LogP) is 1.32. The van der Waals surface area contributed by atoms with E-state index in [1.165, 1.54) is 0 Å². The highest BCUT2D eigenvalue weighted by Crippen LogP contribution is 2.09. The Labute approximate surface area is 106 Å². The predicted molar refractivity (Wildman–Crippen MR) is 67.3 cm³/mol. The van der Waals surface area contributed by atoms with E-state index in [2.05, 4.69) is 21.1 Å². The summed E-state index contributed by atoms with van der Waals surface area (Å²) in [5.74, 6) is 0. The molecule has 0 fully saturated rings. The van der Waals surface area contributed by atoms with Gasteiger partial charge in [0, 0.05) is 43.7 Å². The molecule has 5 nitrogen and oxygen atoms in total. The second-order valence-corrected chi connectivity index (χ2v) is 4.32. The zero-order chi connectivity index (χ0) is 13.0. The van der Waals surface area contributed by atoms with Crippen molar-refractivity contribution < 1.29 is 0 Å². The second kappa shape index (κ2) is 5.43. The van der Waals surface area contributed by atoms with Crippen molar-refractivity contribution in [1.82, 2.24) is 19.7 Å². The molecule has 0 aliphatic heterocycles. The molecule has 18 heavy (non-hydrogen) atoms. The van der Waals surface area contributed by atoms with E-state index in [1.807, 2.05) is 38.6 Å². The smallest absolute Gasteiger partial charge is 0.144 e. The molecule has 0 aliphatic rings. The summed E-state index contributed by atoms with van der Waals surface area (Å²) in [6.07, 6.45) is 5.49. The monoisotopic (exact) mass is 241 g/mol. The first-order valence-electron chi connectivity index (χ1n) is 5.69. The SMILES string of the molecule is CN(Cc1cnn(C)c1)Cc1cccnc1C#N. The van der Waals surface area contributed by atoms with E-state index in [1.54, 1.807) is 10.9 Å². The molecular weight excluding hydrogens is 226 g/mol. The third-order valence-corrected chi connectivity index (χ3v) is 2.65. The molecule has 0 aliphatic carbocycles. The zero-order valence-electron chi connectivity index (χ0n) is 10.5. The summed E-state index contributed by atoms with van der Waals surface area (Å²) in [6, 6.07) is 5.91. The van der Waals surface area contributed by atoms with Gasteiger partial charge in [-0.3, -0.25) is 9.58 Å². The number of aromatic nitrogens is 3. The Morgan fingerprint density at radius 3 is 2.94 bits per heavy atom. The summed E-state index contributed by atoms with van der Waals surface area (Å²) >= 11 is 0. The molecular formula is C13H15N5. The fourth-order valence-electron chi connectivity index (χ4n) is 1.88. The molecule has 2 rings (SSSR count). The average molecular weight is 241 g/mol. The molecule has 0 saturated heterocycles. The number of hydrogen-bond acceptors (Lipinski definition) is 4. The number of rotatable bonds is 4. The first-order chi connectivity index (χ1) is 8.69. The van der Waals surface area contributed by atoms with Gasteiger partial charge < -0.3 is 0 Å². The van der Waals surface area contributed by atoms with E-state index >= 15 is 0 Å². The van der Waals surface area contributed by atoms with Crippen molar-refractivity contribution in [2.24, 2.45) is 7.05 Å². The third kappa shape index (κ3) is 2.93. The van der Waals surface area contributed by atoms with E-state index in [-0.39, 0.29) is 0 Å². The molecule has 0 aromatic carbocycles. The van der Waals surface area contributed by atoms with Crippen molar-refractivity contribution >= 4 is 0 Å². The van der Waals surface area contributed by atoms with E-state index < -0.39 is 0 Å². The Bertz CT molecular complexity index is 567. The molecule has 0 N–H and O–H groups in total. The van der Waals surface area contributed by atoms with Gasteiger partial charge in [-0.15, -0.1) is 0 Å². The van der Waals surface area contributed by atoms with Gasteiger partial charge in [0.2, 0.25) is 0 Å². The van der Waals surface area contributed by atoms with Gasteiger partial charge in [0.05, 0.1) is 6.20 Å². The Hall–Kier alpha value is -2.19. The van der Waals surface area contributed by atoms with Crippen LogP contribution >= 0.6 is 0 Å². The van der Waals surface area contributed by atoms with Crippen LogP contribution < -0.4 is 0 Å². The van der Waals surface area contributed by atoms with Crippen LogP contribution in [-0.2, 0) is 20.1 Å². The fraction of sp³-hybridized carbons (Fsp3) is 0.308. The topological polar surface area (TPSA) is 57.7 Å². The minimum atomic E-state index is 0.496. The Kier molecular flexibility index (Phi) is 3.70. The van der Waals surface area contributed by atoms with Gasteiger partial charge in [-0.25, -0.2) is 4.98 Å². The molecule has 0 atom stereocenters. The average Bonchev–Trinajstić information content (AvgIpc) is 2.75. The van der Waals surface area contributed by atoms with E-state index in [0.717, 1.165) is 17.7 Å². The first-order valence-corrected chi connectivity index (χ1v) is 5.69. The quantitative estimate of drug-likeness (QED) is 0.810. The van der Waals surface area contributed by atoms with Crippen molar-refractivity contribution in [3.63, 3.8) is 0 Å². The maximum absolute atomic E-state index is 8.98. The van der Waals surface area contributed by atoms with Crippen molar-refractivity contribution in [3.05, 3.63) is 47.5 Å². The lowest BCUT2D eigenvalue weighted by atomic mass is 10.2. The minimum Gasteiger partial charge on any atom is -0.298 e. The van der Waals surface area contributed by atoms with Crippen LogP contribution in [0.3, 0.4) is 0 Å². The van der Waals surface area contributed by atoms with Crippen LogP contribution in [0.15, 0.2) is 30.7 Å². The molecule has 2 aromatic rings. The molecule has 92 valence electrons. The number of aryl methyl sites for hydroxylation is 1. The van der Waals surface area contributed by atoms with Crippen LogP contribution in [0.4, 0.5) is 0 Å². The molecule has 0 radical (unpaired) electrons. The van der Waals surface area contributed by atoms with Crippen molar-refractivity contribution in [1.29, 1.82) is 5.26 Å². The molecule has 2 aromatic heterocycles. The van der Waals surface area contributed by atoms with Gasteiger partial charge in [-0.05, 0) is 13.1 Å². The highest BCUT2D eigenvalue weighted by Gasteiger charge is 2.07.